The van der Waals surface area contributed by atoms with Crippen molar-refractivity contribution in [1.82, 2.24) is 4.98 Å². The topological polar surface area (TPSA) is 88.6 Å². The lowest BCUT2D eigenvalue weighted by Gasteiger charge is -2.17. The van der Waals surface area contributed by atoms with E-state index < -0.39 is 10.0 Å². The number of sulfonamides is 1. The summed E-state index contributed by atoms with van der Waals surface area (Å²) in [5, 5.41) is 2.80. The van der Waals surface area contributed by atoms with Gasteiger partial charge in [0.2, 0.25) is 15.9 Å². The van der Waals surface area contributed by atoms with Crippen LogP contribution in [0.2, 0.25) is 0 Å². The SMILES string of the molecule is C[C@@H](Oc1ccc(C(=O)Nc2ccc(N3CCCS3(=O)=O)cc2)cn1)c1ccccc1. The number of carbonyl (C=O) groups is 1. The predicted molar refractivity (Wildman–Crippen MR) is 120 cm³/mol. The first-order valence-corrected chi connectivity index (χ1v) is 11.6. The lowest BCUT2D eigenvalue weighted by Crippen LogP contribution is -2.25. The van der Waals surface area contributed by atoms with Gasteiger partial charge < -0.3 is 10.1 Å². The van der Waals surface area contributed by atoms with Crippen molar-refractivity contribution in [2.45, 2.75) is 19.4 Å². The van der Waals surface area contributed by atoms with Gasteiger partial charge in [0.15, 0.2) is 0 Å². The van der Waals surface area contributed by atoms with Crippen LogP contribution >= 0.6 is 0 Å². The molecule has 1 atom stereocenters. The van der Waals surface area contributed by atoms with Crippen LogP contribution in [0.1, 0.15) is 35.4 Å². The van der Waals surface area contributed by atoms with Crippen molar-refractivity contribution in [3.05, 3.63) is 84.1 Å². The third-order valence-corrected chi connectivity index (χ3v) is 6.95. The van der Waals surface area contributed by atoms with Crippen LogP contribution in [0.4, 0.5) is 11.4 Å². The van der Waals surface area contributed by atoms with Gasteiger partial charge in [-0.2, -0.15) is 0 Å². The van der Waals surface area contributed by atoms with E-state index >= 15 is 0 Å². The zero-order valence-electron chi connectivity index (χ0n) is 17.1. The molecule has 1 N–H and O–H groups in total. The minimum absolute atomic E-state index is 0.161. The van der Waals surface area contributed by atoms with Crippen LogP contribution in [-0.4, -0.2) is 31.6 Å². The maximum absolute atomic E-state index is 12.5. The van der Waals surface area contributed by atoms with Gasteiger partial charge in [0.05, 0.1) is 17.0 Å². The molecule has 2 aromatic carbocycles. The van der Waals surface area contributed by atoms with Crippen LogP contribution < -0.4 is 14.4 Å². The first-order chi connectivity index (χ1) is 14.9. The molecule has 160 valence electrons. The van der Waals surface area contributed by atoms with Crippen LogP contribution in [0.25, 0.3) is 0 Å². The van der Waals surface area contributed by atoms with Gasteiger partial charge in [0, 0.05) is 24.5 Å². The second-order valence-corrected chi connectivity index (χ2v) is 9.31. The van der Waals surface area contributed by atoms with E-state index in [0.717, 1.165) is 5.56 Å². The molecule has 1 fully saturated rings. The zero-order chi connectivity index (χ0) is 21.8. The third-order valence-electron chi connectivity index (χ3n) is 5.08. The summed E-state index contributed by atoms with van der Waals surface area (Å²) >= 11 is 0. The Morgan fingerprint density at radius 2 is 1.81 bits per heavy atom. The fraction of sp³-hybridized carbons (Fsp3) is 0.217. The predicted octanol–water partition coefficient (Wildman–Crippen LogP) is 4.01. The summed E-state index contributed by atoms with van der Waals surface area (Å²) in [6.45, 7) is 2.42. The van der Waals surface area contributed by atoms with Crippen LogP contribution in [0.3, 0.4) is 0 Å². The van der Waals surface area contributed by atoms with Gasteiger partial charge in [-0.3, -0.25) is 9.10 Å². The number of hydrogen-bond acceptors (Lipinski definition) is 5. The van der Waals surface area contributed by atoms with E-state index in [4.69, 9.17) is 4.74 Å². The van der Waals surface area contributed by atoms with E-state index in [9.17, 15) is 13.2 Å². The highest BCUT2D eigenvalue weighted by Crippen LogP contribution is 2.25. The number of amides is 1. The van der Waals surface area contributed by atoms with Crippen molar-refractivity contribution in [3.8, 4) is 5.88 Å². The summed E-state index contributed by atoms with van der Waals surface area (Å²) in [6.07, 6.45) is 1.93. The largest absolute Gasteiger partial charge is 0.470 e. The molecule has 1 amide bonds. The van der Waals surface area contributed by atoms with E-state index in [1.807, 2.05) is 37.3 Å². The molecule has 1 aliphatic heterocycles. The smallest absolute Gasteiger partial charge is 0.257 e. The van der Waals surface area contributed by atoms with E-state index in [0.29, 0.717) is 35.8 Å². The standard InChI is InChI=1S/C23H23N3O4S/c1-17(18-6-3-2-4-7-18)30-22-13-8-19(16-24-22)23(27)25-20-9-11-21(12-10-20)26-14-5-15-31(26,28)29/h2-4,6-13,16-17H,5,14-15H2,1H3,(H,25,27)/t17-/m1/s1. The second kappa shape index (κ2) is 8.77. The highest BCUT2D eigenvalue weighted by Gasteiger charge is 2.28. The number of aromatic nitrogens is 1. The molecule has 1 aromatic heterocycles. The van der Waals surface area contributed by atoms with Gasteiger partial charge in [-0.25, -0.2) is 13.4 Å². The number of pyridine rings is 1. The Labute approximate surface area is 181 Å². The number of carbonyl (C=O) groups excluding carboxylic acids is 1. The number of anilines is 2. The summed E-state index contributed by atoms with van der Waals surface area (Å²) in [4.78, 5) is 16.7. The molecule has 1 aliphatic rings. The van der Waals surface area contributed by atoms with E-state index in [2.05, 4.69) is 10.3 Å². The van der Waals surface area contributed by atoms with Crippen molar-refractivity contribution < 1.29 is 17.9 Å². The van der Waals surface area contributed by atoms with Crippen LogP contribution in [0, 0.1) is 0 Å². The van der Waals surface area contributed by atoms with Crippen LogP contribution in [0.5, 0.6) is 5.88 Å². The molecule has 31 heavy (non-hydrogen) atoms. The van der Waals surface area contributed by atoms with Gasteiger partial charge in [-0.1, -0.05) is 30.3 Å². The van der Waals surface area contributed by atoms with Crippen molar-refractivity contribution in [2.24, 2.45) is 0 Å². The Morgan fingerprint density at radius 1 is 1.06 bits per heavy atom. The average Bonchev–Trinajstić information content (AvgIpc) is 3.14. The average molecular weight is 438 g/mol. The van der Waals surface area contributed by atoms with Crippen molar-refractivity contribution in [2.75, 3.05) is 21.9 Å². The maximum Gasteiger partial charge on any atom is 0.257 e. The minimum atomic E-state index is -3.22. The molecule has 0 spiro atoms. The normalized spacial score (nSPS) is 16.0. The van der Waals surface area contributed by atoms with Crippen molar-refractivity contribution in [3.63, 3.8) is 0 Å². The molecule has 3 aromatic rings. The monoisotopic (exact) mass is 437 g/mol. The van der Waals surface area contributed by atoms with E-state index in [1.54, 1.807) is 36.4 Å². The van der Waals surface area contributed by atoms with Gasteiger partial charge in [0.1, 0.15) is 6.10 Å². The Bertz CT molecular complexity index is 1150. The van der Waals surface area contributed by atoms with Gasteiger partial charge in [-0.05, 0) is 49.2 Å². The van der Waals surface area contributed by atoms with E-state index in [-0.39, 0.29) is 17.8 Å². The third kappa shape index (κ3) is 4.86. The molecular weight excluding hydrogens is 414 g/mol. The minimum Gasteiger partial charge on any atom is -0.470 e. The molecule has 0 aliphatic carbocycles. The molecule has 0 unspecified atom stereocenters. The zero-order valence-corrected chi connectivity index (χ0v) is 17.9. The Hall–Kier alpha value is -3.39. The number of nitrogens with zero attached hydrogens (tertiary/aromatic N) is 2. The highest BCUT2D eigenvalue weighted by molar-refractivity contribution is 7.93. The molecule has 0 saturated carbocycles. The lowest BCUT2D eigenvalue weighted by atomic mass is 10.1. The molecular formula is C23H23N3O4S. The number of rotatable bonds is 6. The first kappa shape index (κ1) is 20.9. The summed E-state index contributed by atoms with van der Waals surface area (Å²) in [5.41, 5.74) is 2.61. The number of hydrogen-bond donors (Lipinski definition) is 1. The molecule has 1 saturated heterocycles. The van der Waals surface area contributed by atoms with Gasteiger partial charge >= 0.3 is 0 Å². The molecule has 7 nitrogen and oxygen atoms in total. The summed E-state index contributed by atoms with van der Waals surface area (Å²) < 4.78 is 31.3. The summed E-state index contributed by atoms with van der Waals surface area (Å²) in [6, 6.07) is 19.9. The molecule has 0 radical (unpaired) electrons. The molecule has 8 heteroatoms. The van der Waals surface area contributed by atoms with Gasteiger partial charge in [-0.15, -0.1) is 0 Å². The van der Waals surface area contributed by atoms with E-state index in [1.165, 1.54) is 10.5 Å². The van der Waals surface area contributed by atoms with Crippen LogP contribution in [0.15, 0.2) is 72.9 Å². The molecule has 0 bridgehead atoms. The fourth-order valence-corrected chi connectivity index (χ4v) is 4.97. The van der Waals surface area contributed by atoms with Crippen LogP contribution in [-0.2, 0) is 10.0 Å². The first-order valence-electron chi connectivity index (χ1n) is 10.0. The number of nitrogens with one attached hydrogen (secondary N) is 1. The summed E-state index contributed by atoms with van der Waals surface area (Å²) in [5.74, 6) is 0.295. The lowest BCUT2D eigenvalue weighted by molar-refractivity contribution is 0.102. The van der Waals surface area contributed by atoms with Crippen molar-refractivity contribution >= 4 is 27.3 Å². The van der Waals surface area contributed by atoms with Crippen molar-refractivity contribution in [1.29, 1.82) is 0 Å². The Morgan fingerprint density at radius 3 is 2.42 bits per heavy atom. The maximum atomic E-state index is 12.5. The Kier molecular flexibility index (Phi) is 5.90. The summed E-state index contributed by atoms with van der Waals surface area (Å²) in [7, 11) is -3.22. The fourth-order valence-electron chi connectivity index (χ4n) is 3.40. The number of benzene rings is 2. The number of ether oxygens (including phenoxy) is 1. The second-order valence-electron chi connectivity index (χ2n) is 7.30. The molecule has 2 heterocycles. The highest BCUT2D eigenvalue weighted by atomic mass is 32.2. The Balaban J connectivity index is 1.37. The molecule has 4 rings (SSSR count). The quantitative estimate of drug-likeness (QED) is 0.629. The van der Waals surface area contributed by atoms with Gasteiger partial charge in [0.25, 0.3) is 5.91 Å².